The van der Waals surface area contributed by atoms with Gasteiger partial charge in [-0.15, -0.1) is 0 Å². The van der Waals surface area contributed by atoms with Crippen LogP contribution >= 0.6 is 0 Å². The Bertz CT molecular complexity index is 1100. The van der Waals surface area contributed by atoms with Gasteiger partial charge in [-0.05, 0) is 50.2 Å². The number of ether oxygens (including phenoxy) is 1. The summed E-state index contributed by atoms with van der Waals surface area (Å²) in [5.41, 5.74) is 1.54. The Morgan fingerprint density at radius 3 is 2.55 bits per heavy atom. The molecule has 1 heterocycles. The number of rotatable bonds is 8. The first-order chi connectivity index (χ1) is 13.8. The number of hydrogen-bond donors (Lipinski definition) is 2. The molecule has 2 N–H and O–H groups in total. The Hall–Kier alpha value is -2.84. The van der Waals surface area contributed by atoms with Gasteiger partial charge < -0.3 is 14.5 Å². The third-order valence-electron chi connectivity index (χ3n) is 4.69. The zero-order valence-corrected chi connectivity index (χ0v) is 17.4. The largest absolute Gasteiger partial charge is 0.493 e. The molecular weight excluding hydrogens is 392 g/mol. The molecule has 2 aromatic carbocycles. The molecule has 29 heavy (non-hydrogen) atoms. The number of para-hydroxylation sites is 1. The van der Waals surface area contributed by atoms with Crippen molar-refractivity contribution in [2.24, 2.45) is 0 Å². The lowest BCUT2D eigenvalue weighted by Crippen LogP contribution is -2.26. The summed E-state index contributed by atoms with van der Waals surface area (Å²) in [5.74, 6) is 1.19. The van der Waals surface area contributed by atoms with Crippen LogP contribution in [0.4, 0.5) is 0 Å². The Labute approximate surface area is 170 Å². The molecule has 1 atom stereocenters. The Kier molecular flexibility index (Phi) is 6.24. The number of sulfonamides is 1. The molecule has 0 spiro atoms. The molecule has 0 fully saturated rings. The van der Waals surface area contributed by atoms with Crippen molar-refractivity contribution in [3.8, 4) is 5.75 Å². The van der Waals surface area contributed by atoms with Crippen molar-refractivity contribution < 1.29 is 22.4 Å². The number of methoxy groups -OCH3 is 1. The molecule has 8 heteroatoms. The molecular formula is C21H24N2O5S. The minimum Gasteiger partial charge on any atom is -0.493 e. The van der Waals surface area contributed by atoms with E-state index >= 15 is 0 Å². The highest BCUT2D eigenvalue weighted by Crippen LogP contribution is 2.30. The number of benzene rings is 2. The second-order valence-electron chi connectivity index (χ2n) is 6.67. The van der Waals surface area contributed by atoms with E-state index in [1.54, 1.807) is 19.2 Å². The molecule has 1 unspecified atom stereocenters. The Balaban J connectivity index is 1.59. The predicted octanol–water partition coefficient (Wildman–Crippen LogP) is 3.16. The molecule has 0 radical (unpaired) electrons. The van der Waals surface area contributed by atoms with Crippen molar-refractivity contribution >= 4 is 26.9 Å². The van der Waals surface area contributed by atoms with Gasteiger partial charge in [-0.3, -0.25) is 4.79 Å². The number of hydrogen-bond acceptors (Lipinski definition) is 5. The number of aryl methyl sites for hydroxylation is 1. The van der Waals surface area contributed by atoms with Gasteiger partial charge in [0, 0.05) is 11.8 Å². The third kappa shape index (κ3) is 4.78. The van der Waals surface area contributed by atoms with E-state index in [1.165, 1.54) is 19.2 Å². The molecule has 7 nitrogen and oxygen atoms in total. The summed E-state index contributed by atoms with van der Waals surface area (Å²) in [5, 5.41) is 3.84. The van der Waals surface area contributed by atoms with Gasteiger partial charge in [0.05, 0.1) is 18.0 Å². The Morgan fingerprint density at radius 2 is 1.90 bits per heavy atom. The van der Waals surface area contributed by atoms with Gasteiger partial charge in [0.25, 0.3) is 0 Å². The van der Waals surface area contributed by atoms with Crippen molar-refractivity contribution in [3.63, 3.8) is 0 Å². The van der Waals surface area contributed by atoms with Crippen LogP contribution in [0, 0.1) is 0 Å². The van der Waals surface area contributed by atoms with Crippen LogP contribution in [0.3, 0.4) is 0 Å². The molecule has 0 aliphatic carbocycles. The summed E-state index contributed by atoms with van der Waals surface area (Å²) in [4.78, 5) is 12.5. The Morgan fingerprint density at radius 1 is 1.17 bits per heavy atom. The molecule has 0 aliphatic heterocycles. The van der Waals surface area contributed by atoms with E-state index in [1.807, 2.05) is 31.2 Å². The number of furan rings is 1. The molecule has 1 amide bonds. The molecule has 0 bridgehead atoms. The second-order valence-corrected chi connectivity index (χ2v) is 8.55. The van der Waals surface area contributed by atoms with Crippen LogP contribution in [0.25, 0.3) is 11.0 Å². The van der Waals surface area contributed by atoms with Crippen molar-refractivity contribution in [2.75, 3.05) is 14.2 Å². The third-order valence-corrected chi connectivity index (χ3v) is 6.12. The van der Waals surface area contributed by atoms with Crippen molar-refractivity contribution in [1.82, 2.24) is 10.0 Å². The van der Waals surface area contributed by atoms with Crippen LogP contribution in [-0.4, -0.2) is 28.5 Å². The number of nitrogens with one attached hydrogen (secondary N) is 2. The summed E-state index contributed by atoms with van der Waals surface area (Å²) in [6, 6.07) is 13.7. The summed E-state index contributed by atoms with van der Waals surface area (Å²) in [6.07, 6.45) is 0.790. The molecule has 0 saturated heterocycles. The molecule has 0 aliphatic rings. The first-order valence-electron chi connectivity index (χ1n) is 9.22. The van der Waals surface area contributed by atoms with Crippen LogP contribution in [0.5, 0.6) is 5.75 Å². The van der Waals surface area contributed by atoms with E-state index in [0.717, 1.165) is 10.9 Å². The standard InChI is InChI=1S/C21H24N2O5S/c1-14(19-13-16-5-4-6-18(27-3)21(16)28-19)23-20(24)12-9-15-7-10-17(11-8-15)29(25,26)22-2/h4-8,10-11,13-14,22H,9,12H2,1-3H3,(H,23,24). The molecule has 154 valence electrons. The maximum Gasteiger partial charge on any atom is 0.240 e. The fourth-order valence-electron chi connectivity index (χ4n) is 3.03. The van der Waals surface area contributed by atoms with Crippen LogP contribution in [-0.2, 0) is 21.2 Å². The van der Waals surface area contributed by atoms with Crippen LogP contribution in [0.1, 0.15) is 30.7 Å². The molecule has 3 aromatic rings. The van der Waals surface area contributed by atoms with Gasteiger partial charge in [-0.25, -0.2) is 13.1 Å². The highest BCUT2D eigenvalue weighted by atomic mass is 32.2. The lowest BCUT2D eigenvalue weighted by molar-refractivity contribution is -0.121. The quantitative estimate of drug-likeness (QED) is 0.588. The smallest absolute Gasteiger partial charge is 0.240 e. The van der Waals surface area contributed by atoms with Crippen molar-refractivity contribution in [1.29, 1.82) is 0 Å². The number of carbonyl (C=O) groups excluding carboxylic acids is 1. The lowest BCUT2D eigenvalue weighted by Gasteiger charge is -2.11. The van der Waals surface area contributed by atoms with Crippen molar-refractivity contribution in [3.05, 3.63) is 59.9 Å². The highest BCUT2D eigenvalue weighted by Gasteiger charge is 2.16. The normalized spacial score (nSPS) is 12.7. The topological polar surface area (TPSA) is 97.6 Å². The minimum absolute atomic E-state index is 0.114. The van der Waals surface area contributed by atoms with Crippen LogP contribution in [0.2, 0.25) is 0 Å². The SMILES string of the molecule is CNS(=O)(=O)c1ccc(CCC(=O)NC(C)c2cc3cccc(OC)c3o2)cc1. The second kappa shape index (κ2) is 8.67. The maximum atomic E-state index is 12.3. The summed E-state index contributed by atoms with van der Waals surface area (Å²) < 4.78 is 36.9. The molecule has 3 rings (SSSR count). The van der Waals surface area contributed by atoms with E-state index in [4.69, 9.17) is 9.15 Å². The monoisotopic (exact) mass is 416 g/mol. The van der Waals surface area contributed by atoms with E-state index in [2.05, 4.69) is 10.0 Å². The van der Waals surface area contributed by atoms with E-state index in [0.29, 0.717) is 23.5 Å². The summed E-state index contributed by atoms with van der Waals surface area (Å²) in [6.45, 7) is 1.86. The highest BCUT2D eigenvalue weighted by molar-refractivity contribution is 7.89. The van der Waals surface area contributed by atoms with Gasteiger partial charge in [-0.2, -0.15) is 0 Å². The van der Waals surface area contributed by atoms with Gasteiger partial charge in [0.2, 0.25) is 15.9 Å². The van der Waals surface area contributed by atoms with E-state index in [-0.39, 0.29) is 23.3 Å². The first kappa shape index (κ1) is 20.9. The summed E-state index contributed by atoms with van der Waals surface area (Å²) >= 11 is 0. The zero-order valence-electron chi connectivity index (χ0n) is 16.6. The average molecular weight is 416 g/mol. The fraction of sp³-hybridized carbons (Fsp3) is 0.286. The van der Waals surface area contributed by atoms with Gasteiger partial charge in [0.15, 0.2) is 11.3 Å². The van der Waals surface area contributed by atoms with E-state index in [9.17, 15) is 13.2 Å². The zero-order chi connectivity index (χ0) is 21.0. The summed E-state index contributed by atoms with van der Waals surface area (Å²) in [7, 11) is -0.504. The maximum absolute atomic E-state index is 12.3. The van der Waals surface area contributed by atoms with Gasteiger partial charge in [0.1, 0.15) is 5.76 Å². The van der Waals surface area contributed by atoms with Crippen LogP contribution < -0.4 is 14.8 Å². The predicted molar refractivity (Wildman–Crippen MR) is 110 cm³/mol. The number of carbonyl (C=O) groups is 1. The number of fused-ring (bicyclic) bond motifs is 1. The number of amides is 1. The molecule has 1 aromatic heterocycles. The van der Waals surface area contributed by atoms with Gasteiger partial charge in [-0.1, -0.05) is 24.3 Å². The minimum atomic E-state index is -3.46. The fourth-order valence-corrected chi connectivity index (χ4v) is 3.76. The first-order valence-corrected chi connectivity index (χ1v) is 10.7. The van der Waals surface area contributed by atoms with Crippen LogP contribution in [0.15, 0.2) is 57.8 Å². The van der Waals surface area contributed by atoms with Crippen molar-refractivity contribution in [2.45, 2.75) is 30.7 Å². The molecule has 0 saturated carbocycles. The van der Waals surface area contributed by atoms with Gasteiger partial charge >= 0.3 is 0 Å². The lowest BCUT2D eigenvalue weighted by atomic mass is 10.1. The average Bonchev–Trinajstić information content (AvgIpc) is 3.17. The van der Waals surface area contributed by atoms with E-state index < -0.39 is 10.0 Å².